The third-order valence-corrected chi connectivity index (χ3v) is 2.67. The molecule has 2 aromatic rings. The summed E-state index contributed by atoms with van der Waals surface area (Å²) in [4.78, 5) is 0. The fraction of sp³-hybridized carbons (Fsp3) is 0.143. The Labute approximate surface area is 99.3 Å². The molecule has 2 aromatic carbocycles. The molecule has 0 aliphatic heterocycles. The zero-order valence-corrected chi connectivity index (χ0v) is 9.70. The van der Waals surface area contributed by atoms with E-state index in [9.17, 15) is 9.50 Å². The van der Waals surface area contributed by atoms with Crippen LogP contribution in [0.25, 0.3) is 11.1 Å². The maximum absolute atomic E-state index is 13.2. The number of rotatable bonds is 2. The van der Waals surface area contributed by atoms with E-state index in [4.69, 9.17) is 4.74 Å². The van der Waals surface area contributed by atoms with Gasteiger partial charge in [0.1, 0.15) is 17.3 Å². The fourth-order valence-corrected chi connectivity index (χ4v) is 1.73. The quantitative estimate of drug-likeness (QED) is 0.858. The average Bonchev–Trinajstić information content (AvgIpc) is 2.32. The van der Waals surface area contributed by atoms with Crippen LogP contribution < -0.4 is 4.74 Å². The van der Waals surface area contributed by atoms with Gasteiger partial charge in [0.05, 0.1) is 7.11 Å². The van der Waals surface area contributed by atoms with Crippen molar-refractivity contribution in [3.8, 4) is 22.6 Å². The first-order valence-corrected chi connectivity index (χ1v) is 5.25. The molecule has 3 heteroatoms. The molecule has 0 unspecified atom stereocenters. The summed E-state index contributed by atoms with van der Waals surface area (Å²) in [6.07, 6.45) is 0. The second kappa shape index (κ2) is 4.45. The highest BCUT2D eigenvalue weighted by Gasteiger charge is 2.08. The molecule has 2 rings (SSSR count). The van der Waals surface area contributed by atoms with Gasteiger partial charge in [-0.15, -0.1) is 0 Å². The molecule has 1 N–H and O–H groups in total. The molecule has 0 atom stereocenters. The van der Waals surface area contributed by atoms with Crippen molar-refractivity contribution in [1.82, 2.24) is 0 Å². The standard InChI is InChI=1S/C14H13FO2/c1-9-7-10(3-5-13(9)16)12-8-11(15)4-6-14(12)17-2/h3-8,16H,1-2H3. The molecule has 2 nitrogen and oxygen atoms in total. The predicted octanol–water partition coefficient (Wildman–Crippen LogP) is 3.52. The van der Waals surface area contributed by atoms with Crippen LogP contribution in [0, 0.1) is 12.7 Å². The molecule has 0 fully saturated rings. The summed E-state index contributed by atoms with van der Waals surface area (Å²) >= 11 is 0. The van der Waals surface area contributed by atoms with Gasteiger partial charge in [-0.25, -0.2) is 4.39 Å². The van der Waals surface area contributed by atoms with Crippen LogP contribution in [-0.4, -0.2) is 12.2 Å². The van der Waals surface area contributed by atoms with Gasteiger partial charge in [-0.05, 0) is 48.4 Å². The average molecular weight is 232 g/mol. The van der Waals surface area contributed by atoms with Gasteiger partial charge < -0.3 is 9.84 Å². The Morgan fingerprint density at radius 2 is 1.88 bits per heavy atom. The van der Waals surface area contributed by atoms with Crippen molar-refractivity contribution in [2.24, 2.45) is 0 Å². The normalized spacial score (nSPS) is 10.3. The molecule has 17 heavy (non-hydrogen) atoms. The number of methoxy groups -OCH3 is 1. The molecule has 0 saturated carbocycles. The van der Waals surface area contributed by atoms with Crippen molar-refractivity contribution in [1.29, 1.82) is 0 Å². The number of aromatic hydroxyl groups is 1. The highest BCUT2D eigenvalue weighted by molar-refractivity contribution is 5.71. The Kier molecular flexibility index (Phi) is 3.00. The fourth-order valence-electron chi connectivity index (χ4n) is 1.73. The van der Waals surface area contributed by atoms with E-state index in [1.54, 1.807) is 38.3 Å². The zero-order chi connectivity index (χ0) is 12.4. The molecular formula is C14H13FO2. The SMILES string of the molecule is COc1ccc(F)cc1-c1ccc(O)c(C)c1. The smallest absolute Gasteiger partial charge is 0.126 e. The molecule has 88 valence electrons. The highest BCUT2D eigenvalue weighted by atomic mass is 19.1. The summed E-state index contributed by atoms with van der Waals surface area (Å²) in [6.45, 7) is 1.80. The number of phenolic OH excluding ortho intramolecular Hbond substituents is 1. The first-order valence-electron chi connectivity index (χ1n) is 5.25. The van der Waals surface area contributed by atoms with Crippen LogP contribution >= 0.6 is 0 Å². The number of phenols is 1. The maximum Gasteiger partial charge on any atom is 0.126 e. The molecule has 0 aliphatic rings. The van der Waals surface area contributed by atoms with Crippen molar-refractivity contribution >= 4 is 0 Å². The zero-order valence-electron chi connectivity index (χ0n) is 9.70. The van der Waals surface area contributed by atoms with E-state index in [0.717, 1.165) is 11.1 Å². The van der Waals surface area contributed by atoms with Crippen LogP contribution in [0.5, 0.6) is 11.5 Å². The van der Waals surface area contributed by atoms with Gasteiger partial charge in [-0.1, -0.05) is 6.07 Å². The number of hydrogen-bond acceptors (Lipinski definition) is 2. The topological polar surface area (TPSA) is 29.5 Å². The third kappa shape index (κ3) is 2.23. The van der Waals surface area contributed by atoms with E-state index in [1.165, 1.54) is 12.1 Å². The van der Waals surface area contributed by atoms with Crippen LogP contribution in [0.4, 0.5) is 4.39 Å². The maximum atomic E-state index is 13.2. The molecule has 0 radical (unpaired) electrons. The predicted molar refractivity (Wildman–Crippen MR) is 64.8 cm³/mol. The summed E-state index contributed by atoms with van der Waals surface area (Å²) in [5, 5.41) is 9.47. The highest BCUT2D eigenvalue weighted by Crippen LogP contribution is 2.32. The Morgan fingerprint density at radius 1 is 1.12 bits per heavy atom. The number of benzene rings is 2. The van der Waals surface area contributed by atoms with E-state index in [1.807, 2.05) is 0 Å². The Bertz CT molecular complexity index is 550. The van der Waals surface area contributed by atoms with Crippen LogP contribution in [0.3, 0.4) is 0 Å². The number of hydrogen-bond donors (Lipinski definition) is 1. The second-order valence-electron chi connectivity index (χ2n) is 3.85. The third-order valence-electron chi connectivity index (χ3n) is 2.67. The van der Waals surface area contributed by atoms with E-state index >= 15 is 0 Å². The van der Waals surface area contributed by atoms with Crippen LogP contribution in [0.1, 0.15) is 5.56 Å². The lowest BCUT2D eigenvalue weighted by molar-refractivity contribution is 0.415. The van der Waals surface area contributed by atoms with Gasteiger partial charge >= 0.3 is 0 Å². The largest absolute Gasteiger partial charge is 0.508 e. The van der Waals surface area contributed by atoms with Gasteiger partial charge in [0.25, 0.3) is 0 Å². The monoisotopic (exact) mass is 232 g/mol. The molecule has 0 heterocycles. The van der Waals surface area contributed by atoms with Gasteiger partial charge in [-0.2, -0.15) is 0 Å². The molecule has 0 bridgehead atoms. The minimum atomic E-state index is -0.313. The van der Waals surface area contributed by atoms with Gasteiger partial charge in [0, 0.05) is 5.56 Å². The molecule has 0 spiro atoms. The number of ether oxygens (including phenoxy) is 1. The summed E-state index contributed by atoms with van der Waals surface area (Å²) in [7, 11) is 1.55. The summed E-state index contributed by atoms with van der Waals surface area (Å²) < 4.78 is 18.4. The minimum absolute atomic E-state index is 0.226. The second-order valence-corrected chi connectivity index (χ2v) is 3.85. The molecule has 0 amide bonds. The van der Waals surface area contributed by atoms with Crippen molar-refractivity contribution in [3.63, 3.8) is 0 Å². The van der Waals surface area contributed by atoms with E-state index in [2.05, 4.69) is 0 Å². The van der Waals surface area contributed by atoms with Crippen LogP contribution in [0.2, 0.25) is 0 Å². The molecule has 0 aromatic heterocycles. The van der Waals surface area contributed by atoms with Crippen LogP contribution in [-0.2, 0) is 0 Å². The lowest BCUT2D eigenvalue weighted by Gasteiger charge is -2.10. The van der Waals surface area contributed by atoms with Crippen LogP contribution in [0.15, 0.2) is 36.4 Å². The Hall–Kier alpha value is -2.03. The van der Waals surface area contributed by atoms with Crippen molar-refractivity contribution in [2.75, 3.05) is 7.11 Å². The molecule has 0 aliphatic carbocycles. The first-order chi connectivity index (χ1) is 8.11. The lowest BCUT2D eigenvalue weighted by Crippen LogP contribution is -1.89. The molecule has 0 saturated heterocycles. The van der Waals surface area contributed by atoms with E-state index < -0.39 is 0 Å². The lowest BCUT2D eigenvalue weighted by atomic mass is 10.0. The summed E-state index contributed by atoms with van der Waals surface area (Å²) in [6, 6.07) is 9.49. The van der Waals surface area contributed by atoms with Crippen molar-refractivity contribution in [2.45, 2.75) is 6.92 Å². The Balaban J connectivity index is 2.58. The number of halogens is 1. The van der Waals surface area contributed by atoms with E-state index in [-0.39, 0.29) is 11.6 Å². The van der Waals surface area contributed by atoms with Crippen molar-refractivity contribution < 1.29 is 14.2 Å². The summed E-state index contributed by atoms with van der Waals surface area (Å²) in [5.74, 6) is 0.520. The van der Waals surface area contributed by atoms with Gasteiger partial charge in [0.15, 0.2) is 0 Å². The van der Waals surface area contributed by atoms with Crippen molar-refractivity contribution in [3.05, 3.63) is 47.8 Å². The summed E-state index contributed by atoms with van der Waals surface area (Å²) in [5.41, 5.74) is 2.24. The Morgan fingerprint density at radius 3 is 2.53 bits per heavy atom. The minimum Gasteiger partial charge on any atom is -0.508 e. The molecular weight excluding hydrogens is 219 g/mol. The van der Waals surface area contributed by atoms with Gasteiger partial charge in [-0.3, -0.25) is 0 Å². The van der Waals surface area contributed by atoms with E-state index in [0.29, 0.717) is 11.3 Å². The first kappa shape index (κ1) is 11.5. The van der Waals surface area contributed by atoms with Gasteiger partial charge in [0.2, 0.25) is 0 Å². The number of aryl methyl sites for hydroxylation is 1.